The van der Waals surface area contributed by atoms with E-state index in [1.807, 2.05) is 41.8 Å². The Bertz CT molecular complexity index is 1150. The van der Waals surface area contributed by atoms with Crippen LogP contribution < -0.4 is 0 Å². The molecular formula is C20H16N6O2S. The molecule has 3 heterocycles. The molecule has 4 rings (SSSR count). The Morgan fingerprint density at radius 3 is 2.45 bits per heavy atom. The summed E-state index contributed by atoms with van der Waals surface area (Å²) in [7, 11) is 0. The maximum atomic E-state index is 11.5. The summed E-state index contributed by atoms with van der Waals surface area (Å²) < 4.78 is 1.98. The van der Waals surface area contributed by atoms with Crippen molar-refractivity contribution in [3.05, 3.63) is 77.1 Å². The smallest absolute Gasteiger partial charge is 0.295 e. The highest BCUT2D eigenvalue weighted by Crippen LogP contribution is 2.33. The van der Waals surface area contributed by atoms with E-state index in [0.717, 1.165) is 11.4 Å². The van der Waals surface area contributed by atoms with Gasteiger partial charge in [0, 0.05) is 36.1 Å². The fourth-order valence-corrected chi connectivity index (χ4v) is 3.77. The highest BCUT2D eigenvalue weighted by Gasteiger charge is 2.20. The van der Waals surface area contributed by atoms with Gasteiger partial charge >= 0.3 is 0 Å². The van der Waals surface area contributed by atoms with Crippen LogP contribution in [0.3, 0.4) is 0 Å². The molecule has 29 heavy (non-hydrogen) atoms. The quantitative estimate of drug-likeness (QED) is 0.345. The highest BCUT2D eigenvalue weighted by molar-refractivity contribution is 7.99. The number of hydrogen-bond acceptors (Lipinski definition) is 7. The lowest BCUT2D eigenvalue weighted by molar-refractivity contribution is -0.384. The first kappa shape index (κ1) is 18.8. The van der Waals surface area contributed by atoms with E-state index in [-0.39, 0.29) is 5.69 Å². The van der Waals surface area contributed by atoms with E-state index in [4.69, 9.17) is 0 Å². The molecule has 9 heteroatoms. The van der Waals surface area contributed by atoms with Gasteiger partial charge in [-0.3, -0.25) is 15.1 Å². The second-order valence-corrected chi connectivity index (χ2v) is 7.02. The summed E-state index contributed by atoms with van der Waals surface area (Å²) in [5.74, 6) is 0.739. The Labute approximate surface area is 170 Å². The molecule has 0 spiro atoms. The van der Waals surface area contributed by atoms with Crippen molar-refractivity contribution in [3.8, 4) is 22.6 Å². The third-order valence-electron chi connectivity index (χ3n) is 4.26. The van der Waals surface area contributed by atoms with Gasteiger partial charge in [0.25, 0.3) is 5.69 Å². The van der Waals surface area contributed by atoms with Crippen LogP contribution in [-0.4, -0.2) is 29.7 Å². The van der Waals surface area contributed by atoms with Crippen LogP contribution in [0.2, 0.25) is 0 Å². The predicted molar refractivity (Wildman–Crippen MR) is 109 cm³/mol. The number of nitrogens with zero attached hydrogens (tertiary/aromatic N) is 6. The molecule has 3 aromatic heterocycles. The average molecular weight is 404 g/mol. The number of nitro groups is 1. The first-order chi connectivity index (χ1) is 14.2. The second-order valence-electron chi connectivity index (χ2n) is 6.03. The fraction of sp³-hybridized carbons (Fsp3) is 0.100. The van der Waals surface area contributed by atoms with Crippen molar-refractivity contribution >= 4 is 17.4 Å². The number of rotatable bonds is 6. The Balaban J connectivity index is 1.72. The Hall–Kier alpha value is -3.59. The first-order valence-corrected chi connectivity index (χ1v) is 9.71. The van der Waals surface area contributed by atoms with E-state index < -0.39 is 4.92 Å². The number of hydrogen-bond donors (Lipinski definition) is 0. The summed E-state index contributed by atoms with van der Waals surface area (Å²) in [6, 6.07) is 16.0. The molecule has 0 aliphatic heterocycles. The van der Waals surface area contributed by atoms with Crippen molar-refractivity contribution < 1.29 is 4.92 Å². The second kappa shape index (κ2) is 8.19. The molecule has 0 atom stereocenters. The van der Waals surface area contributed by atoms with Crippen LogP contribution in [0, 0.1) is 10.1 Å². The molecule has 4 aromatic rings. The molecule has 0 bridgehead atoms. The fourth-order valence-electron chi connectivity index (χ4n) is 2.90. The Morgan fingerprint density at radius 1 is 1.00 bits per heavy atom. The minimum atomic E-state index is -0.417. The molecule has 0 saturated heterocycles. The molecule has 8 nitrogen and oxygen atoms in total. The van der Waals surface area contributed by atoms with Gasteiger partial charge in [0.15, 0.2) is 11.0 Å². The molecule has 0 unspecified atom stereocenters. The van der Waals surface area contributed by atoms with Crippen LogP contribution in [0.5, 0.6) is 0 Å². The van der Waals surface area contributed by atoms with Crippen molar-refractivity contribution in [2.75, 3.05) is 0 Å². The summed E-state index contributed by atoms with van der Waals surface area (Å²) >= 11 is 1.32. The number of aromatic nitrogens is 5. The lowest BCUT2D eigenvalue weighted by Crippen LogP contribution is -2.00. The van der Waals surface area contributed by atoms with E-state index >= 15 is 0 Å². The summed E-state index contributed by atoms with van der Waals surface area (Å²) in [6.45, 7) is 2.68. The van der Waals surface area contributed by atoms with E-state index in [2.05, 4.69) is 20.2 Å². The monoisotopic (exact) mass is 404 g/mol. The maximum Gasteiger partial charge on any atom is 0.295 e. The van der Waals surface area contributed by atoms with Crippen molar-refractivity contribution in [1.82, 2.24) is 24.7 Å². The molecule has 0 N–H and O–H groups in total. The normalized spacial score (nSPS) is 10.8. The van der Waals surface area contributed by atoms with Gasteiger partial charge in [-0.25, -0.2) is 4.98 Å². The van der Waals surface area contributed by atoms with Gasteiger partial charge < -0.3 is 4.57 Å². The van der Waals surface area contributed by atoms with Gasteiger partial charge in [-0.1, -0.05) is 30.3 Å². The minimum absolute atomic E-state index is 0.0324. The molecule has 1 aromatic carbocycles. The van der Waals surface area contributed by atoms with Gasteiger partial charge in [-0.05, 0) is 36.9 Å². The van der Waals surface area contributed by atoms with Crippen molar-refractivity contribution in [3.63, 3.8) is 0 Å². The van der Waals surface area contributed by atoms with Gasteiger partial charge in [-0.15, -0.1) is 10.2 Å². The van der Waals surface area contributed by atoms with Gasteiger partial charge in [0.05, 0.1) is 4.92 Å². The number of benzene rings is 1. The molecule has 0 saturated carbocycles. The molecule has 144 valence electrons. The zero-order valence-corrected chi connectivity index (χ0v) is 16.3. The molecular weight excluding hydrogens is 388 g/mol. The number of pyridine rings is 2. The van der Waals surface area contributed by atoms with E-state index in [0.29, 0.717) is 28.0 Å². The first-order valence-electron chi connectivity index (χ1n) is 8.89. The maximum absolute atomic E-state index is 11.5. The zero-order valence-electron chi connectivity index (χ0n) is 15.5. The van der Waals surface area contributed by atoms with Crippen LogP contribution in [0.25, 0.3) is 22.6 Å². The molecule has 0 aliphatic rings. The van der Waals surface area contributed by atoms with Crippen LogP contribution in [0.1, 0.15) is 6.92 Å². The topological polar surface area (TPSA) is 99.6 Å². The standard InChI is InChI=1S/C20H16N6O2S/c1-2-25-19(15-10-12-21-13-11-15)23-24-20(25)29-17-9-8-16(26(27)28)18(22-17)14-6-4-3-5-7-14/h3-13H,2H2,1H3. The van der Waals surface area contributed by atoms with Gasteiger partial charge in [0.2, 0.25) is 0 Å². The summed E-state index contributed by atoms with van der Waals surface area (Å²) in [6.07, 6.45) is 3.42. The van der Waals surface area contributed by atoms with Crippen molar-refractivity contribution in [2.24, 2.45) is 0 Å². The van der Waals surface area contributed by atoms with Crippen LogP contribution in [0.15, 0.2) is 77.2 Å². The van der Waals surface area contributed by atoms with Gasteiger partial charge in [-0.2, -0.15) is 0 Å². The van der Waals surface area contributed by atoms with Crippen molar-refractivity contribution in [1.29, 1.82) is 0 Å². The zero-order chi connectivity index (χ0) is 20.2. The molecule has 0 aliphatic carbocycles. The van der Waals surface area contributed by atoms with E-state index in [1.165, 1.54) is 17.8 Å². The summed E-state index contributed by atoms with van der Waals surface area (Å²) in [4.78, 5) is 19.6. The third-order valence-corrected chi connectivity index (χ3v) is 5.18. The largest absolute Gasteiger partial charge is 0.302 e. The Morgan fingerprint density at radius 2 is 1.76 bits per heavy atom. The van der Waals surface area contributed by atoms with Crippen LogP contribution in [0.4, 0.5) is 5.69 Å². The van der Waals surface area contributed by atoms with Crippen LogP contribution in [-0.2, 0) is 6.54 Å². The molecule has 0 radical (unpaired) electrons. The van der Waals surface area contributed by atoms with Crippen molar-refractivity contribution in [2.45, 2.75) is 23.7 Å². The Kier molecular flexibility index (Phi) is 5.30. The average Bonchev–Trinajstić information content (AvgIpc) is 3.17. The van der Waals surface area contributed by atoms with E-state index in [9.17, 15) is 10.1 Å². The predicted octanol–water partition coefficient (Wildman–Crippen LogP) is 4.48. The van der Waals surface area contributed by atoms with Crippen LogP contribution >= 0.6 is 11.8 Å². The van der Waals surface area contributed by atoms with E-state index in [1.54, 1.807) is 30.6 Å². The SMILES string of the molecule is CCn1c(Sc2ccc([N+](=O)[O-])c(-c3ccccc3)n2)nnc1-c1ccncc1. The lowest BCUT2D eigenvalue weighted by atomic mass is 10.1. The minimum Gasteiger partial charge on any atom is -0.302 e. The third kappa shape index (κ3) is 3.85. The highest BCUT2D eigenvalue weighted by atomic mass is 32.2. The summed E-state index contributed by atoms with van der Waals surface area (Å²) in [5, 5.41) is 21.3. The van der Waals surface area contributed by atoms with Gasteiger partial charge in [0.1, 0.15) is 10.7 Å². The summed E-state index contributed by atoms with van der Waals surface area (Å²) in [5.41, 5.74) is 1.91. The molecule has 0 amide bonds. The lowest BCUT2D eigenvalue weighted by Gasteiger charge is -2.08. The molecule has 0 fully saturated rings.